The minimum absolute atomic E-state index is 0.168. The summed E-state index contributed by atoms with van der Waals surface area (Å²) in [5.74, 6) is -4.29. The molecule has 2 aliphatic rings. The van der Waals surface area contributed by atoms with E-state index in [9.17, 15) is 13.6 Å². The van der Waals surface area contributed by atoms with Crippen molar-refractivity contribution in [3.8, 4) is 11.3 Å². The van der Waals surface area contributed by atoms with Gasteiger partial charge in [-0.15, -0.1) is 0 Å². The van der Waals surface area contributed by atoms with Gasteiger partial charge in [0.15, 0.2) is 0 Å². The molecule has 2 aromatic carbocycles. The lowest BCUT2D eigenvalue weighted by Crippen LogP contribution is -2.42. The second-order valence-electron chi connectivity index (χ2n) is 8.58. The molecule has 1 saturated heterocycles. The van der Waals surface area contributed by atoms with E-state index in [2.05, 4.69) is 43.0 Å². The van der Waals surface area contributed by atoms with E-state index in [4.69, 9.17) is 0 Å². The number of alkyl halides is 2. The highest BCUT2D eigenvalue weighted by atomic mass is 19.3. The van der Waals surface area contributed by atoms with Crippen LogP contribution in [0.3, 0.4) is 0 Å². The summed E-state index contributed by atoms with van der Waals surface area (Å²) in [7, 11) is 0. The molecule has 9 heteroatoms. The molecular formula is C25H26F2N6O. The van der Waals surface area contributed by atoms with Gasteiger partial charge in [0, 0.05) is 51.0 Å². The summed E-state index contributed by atoms with van der Waals surface area (Å²) in [5.41, 5.74) is 3.70. The lowest BCUT2D eigenvalue weighted by molar-refractivity contribution is -0.139. The average molecular weight is 465 g/mol. The van der Waals surface area contributed by atoms with E-state index in [0.29, 0.717) is 24.5 Å². The van der Waals surface area contributed by atoms with Crippen LogP contribution in [0.25, 0.3) is 11.3 Å². The van der Waals surface area contributed by atoms with Crippen LogP contribution in [0.5, 0.6) is 0 Å². The number of nitrogens with zero attached hydrogens (tertiary/aromatic N) is 3. The molecule has 0 aliphatic carbocycles. The maximum Gasteiger partial charge on any atom is 0.352 e. The minimum atomic E-state index is -3.49. The molecule has 0 bridgehead atoms. The van der Waals surface area contributed by atoms with Gasteiger partial charge in [-0.2, -0.15) is 8.78 Å². The van der Waals surface area contributed by atoms with E-state index >= 15 is 0 Å². The van der Waals surface area contributed by atoms with E-state index in [1.165, 1.54) is 17.7 Å². The van der Waals surface area contributed by atoms with E-state index in [-0.39, 0.29) is 11.3 Å². The number of nitrogens with one attached hydrogen (secondary N) is 3. The largest absolute Gasteiger partial charge is 0.354 e. The lowest BCUT2D eigenvalue weighted by Gasteiger charge is -2.27. The first-order valence-electron chi connectivity index (χ1n) is 11.4. The first-order valence-corrected chi connectivity index (χ1v) is 11.4. The third-order valence-electron chi connectivity index (χ3n) is 6.15. The molecule has 5 rings (SSSR count). The van der Waals surface area contributed by atoms with Crippen molar-refractivity contribution in [1.82, 2.24) is 20.2 Å². The summed E-state index contributed by atoms with van der Waals surface area (Å²) in [6.07, 6.45) is 2.20. The van der Waals surface area contributed by atoms with Crippen LogP contribution < -0.4 is 16.0 Å². The number of benzene rings is 2. The predicted molar refractivity (Wildman–Crippen MR) is 127 cm³/mol. The molecule has 2 aliphatic heterocycles. The highest BCUT2D eigenvalue weighted by molar-refractivity contribution is 6.03. The van der Waals surface area contributed by atoms with Crippen LogP contribution in [0.2, 0.25) is 0 Å². The quantitative estimate of drug-likeness (QED) is 0.498. The number of carbonyl (C=O) groups excluding carboxylic acids is 1. The fraction of sp³-hybridized carbons (Fsp3) is 0.320. The molecule has 0 spiro atoms. The Hall–Kier alpha value is -3.43. The molecule has 3 heterocycles. The zero-order chi connectivity index (χ0) is 23.5. The predicted octanol–water partition coefficient (Wildman–Crippen LogP) is 3.25. The van der Waals surface area contributed by atoms with Crippen LogP contribution in [-0.2, 0) is 23.7 Å². The van der Waals surface area contributed by atoms with Gasteiger partial charge in [-0.1, -0.05) is 24.3 Å². The van der Waals surface area contributed by atoms with E-state index in [1.807, 2.05) is 18.2 Å². The molecular weight excluding hydrogens is 438 g/mol. The van der Waals surface area contributed by atoms with Crippen molar-refractivity contribution in [2.24, 2.45) is 0 Å². The number of hydrogen-bond donors (Lipinski definition) is 3. The molecule has 1 fully saturated rings. The monoisotopic (exact) mass is 464 g/mol. The van der Waals surface area contributed by atoms with Crippen molar-refractivity contribution in [2.75, 3.05) is 43.4 Å². The summed E-state index contributed by atoms with van der Waals surface area (Å²) in [5, 5.41) is 8.76. The van der Waals surface area contributed by atoms with Crippen molar-refractivity contribution in [2.45, 2.75) is 18.9 Å². The van der Waals surface area contributed by atoms with Gasteiger partial charge < -0.3 is 16.0 Å². The fourth-order valence-electron chi connectivity index (χ4n) is 4.32. The number of fused-ring (bicyclic) bond motifs is 1. The van der Waals surface area contributed by atoms with Crippen LogP contribution in [0.15, 0.2) is 54.7 Å². The van der Waals surface area contributed by atoms with Crippen molar-refractivity contribution in [3.63, 3.8) is 0 Å². The first kappa shape index (κ1) is 22.4. The van der Waals surface area contributed by atoms with Crippen molar-refractivity contribution in [1.29, 1.82) is 0 Å². The molecule has 3 N–H and O–H groups in total. The zero-order valence-corrected chi connectivity index (χ0v) is 18.7. The van der Waals surface area contributed by atoms with Gasteiger partial charge in [0.1, 0.15) is 0 Å². The van der Waals surface area contributed by atoms with Gasteiger partial charge in [0.2, 0.25) is 5.95 Å². The maximum atomic E-state index is 14.0. The number of piperazine rings is 1. The molecule has 7 nitrogen and oxygen atoms in total. The summed E-state index contributed by atoms with van der Waals surface area (Å²) in [6, 6.07) is 14.9. The van der Waals surface area contributed by atoms with E-state index < -0.39 is 11.8 Å². The van der Waals surface area contributed by atoms with Gasteiger partial charge in [-0.05, 0) is 41.8 Å². The van der Waals surface area contributed by atoms with Crippen LogP contribution in [0.1, 0.15) is 16.7 Å². The van der Waals surface area contributed by atoms with E-state index in [1.54, 1.807) is 12.3 Å². The van der Waals surface area contributed by atoms with Gasteiger partial charge >= 0.3 is 5.92 Å². The Balaban J connectivity index is 1.22. The van der Waals surface area contributed by atoms with Gasteiger partial charge in [-0.25, -0.2) is 9.97 Å². The van der Waals surface area contributed by atoms with Crippen molar-refractivity contribution in [3.05, 3.63) is 71.4 Å². The Bertz CT molecular complexity index is 1200. The number of anilines is 2. The van der Waals surface area contributed by atoms with Crippen molar-refractivity contribution < 1.29 is 13.6 Å². The number of rotatable bonds is 7. The molecule has 34 heavy (non-hydrogen) atoms. The SMILES string of the molecule is O=C1Nc2ccc(CCNc3nccc(-c4cccc(CN5CCNCC5)c4)n3)cc2C1(F)F. The van der Waals surface area contributed by atoms with Gasteiger partial charge in [-0.3, -0.25) is 9.69 Å². The first-order chi connectivity index (χ1) is 16.5. The zero-order valence-electron chi connectivity index (χ0n) is 18.7. The number of aromatic nitrogens is 2. The van der Waals surface area contributed by atoms with Crippen LogP contribution >= 0.6 is 0 Å². The van der Waals surface area contributed by atoms with Gasteiger partial charge in [0.25, 0.3) is 5.91 Å². The smallest absolute Gasteiger partial charge is 0.352 e. The fourth-order valence-corrected chi connectivity index (χ4v) is 4.32. The number of amides is 1. The Morgan fingerprint density at radius 3 is 2.76 bits per heavy atom. The highest BCUT2D eigenvalue weighted by Gasteiger charge is 2.48. The molecule has 0 saturated carbocycles. The molecule has 3 aromatic rings. The van der Waals surface area contributed by atoms with E-state index in [0.717, 1.165) is 44.0 Å². The molecule has 0 radical (unpaired) electrons. The van der Waals surface area contributed by atoms with Crippen molar-refractivity contribution >= 4 is 17.5 Å². The third kappa shape index (κ3) is 4.76. The van der Waals surface area contributed by atoms with Crippen LogP contribution in [0.4, 0.5) is 20.4 Å². The topological polar surface area (TPSA) is 82.2 Å². The minimum Gasteiger partial charge on any atom is -0.354 e. The molecule has 176 valence electrons. The Labute approximate surface area is 196 Å². The Kier molecular flexibility index (Phi) is 6.21. The summed E-state index contributed by atoms with van der Waals surface area (Å²) in [4.78, 5) is 22.8. The third-order valence-corrected chi connectivity index (χ3v) is 6.15. The standard InChI is InChI=1S/C25H26F2N6O/c26-25(27)20-15-17(4-5-22(20)31-23(25)34)6-8-29-24-30-9-7-21(32-24)19-3-1-2-18(14-19)16-33-12-10-28-11-13-33/h1-5,7,9,14-15,28H,6,8,10-13,16H2,(H,31,34)(H,29,30,32). The summed E-state index contributed by atoms with van der Waals surface area (Å²) < 4.78 is 28.0. The molecule has 1 amide bonds. The maximum absolute atomic E-state index is 14.0. The van der Waals surface area contributed by atoms with Crippen LogP contribution in [0, 0.1) is 0 Å². The normalized spacial score (nSPS) is 17.3. The lowest BCUT2D eigenvalue weighted by atomic mass is 10.0. The second-order valence-corrected chi connectivity index (χ2v) is 8.58. The number of carbonyl (C=O) groups is 1. The van der Waals surface area contributed by atoms with Gasteiger partial charge in [0.05, 0.1) is 16.9 Å². The molecule has 1 aromatic heterocycles. The average Bonchev–Trinajstić information content (AvgIpc) is 3.08. The van der Waals surface area contributed by atoms with Crippen LogP contribution in [-0.4, -0.2) is 53.5 Å². The molecule has 0 atom stereocenters. The summed E-state index contributed by atoms with van der Waals surface area (Å²) >= 11 is 0. The second kappa shape index (κ2) is 9.44. The highest BCUT2D eigenvalue weighted by Crippen LogP contribution is 2.40. The number of halogens is 2. The Morgan fingerprint density at radius 1 is 1.06 bits per heavy atom. The molecule has 0 unspecified atom stereocenters. The Morgan fingerprint density at radius 2 is 1.91 bits per heavy atom. The number of hydrogen-bond acceptors (Lipinski definition) is 6. The summed E-state index contributed by atoms with van der Waals surface area (Å²) in [6.45, 7) is 5.50.